The Morgan fingerprint density at radius 3 is 2.81 bits per heavy atom. The van der Waals surface area contributed by atoms with Gasteiger partial charge in [-0.15, -0.1) is 0 Å². The smallest absolute Gasteiger partial charge is 0.250 e. The van der Waals surface area contributed by atoms with E-state index in [1.807, 2.05) is 19.9 Å². The van der Waals surface area contributed by atoms with Crippen LogP contribution in [0.15, 0.2) is 23.0 Å². The number of carbonyl (C=O) groups excluding carboxylic acids is 1. The number of nitrogens with zero attached hydrogens (tertiary/aromatic N) is 3. The number of H-pyrrole nitrogens is 1. The lowest BCUT2D eigenvalue weighted by molar-refractivity contribution is -0.122. The predicted octanol–water partition coefficient (Wildman–Crippen LogP) is 0.851. The molecule has 0 fully saturated rings. The van der Waals surface area contributed by atoms with E-state index in [0.29, 0.717) is 18.2 Å². The third kappa shape index (κ3) is 3.77. The largest absolute Gasteiger partial charge is 0.346 e. The van der Waals surface area contributed by atoms with Crippen LogP contribution in [-0.2, 0) is 11.3 Å². The molecule has 0 aliphatic rings. The summed E-state index contributed by atoms with van der Waals surface area (Å²) in [6.07, 6.45) is 0.235. The maximum Gasteiger partial charge on any atom is 0.250 e. The molecule has 2 rings (SSSR count). The van der Waals surface area contributed by atoms with Gasteiger partial charge in [0, 0.05) is 24.7 Å². The Labute approximate surface area is 122 Å². The summed E-state index contributed by atoms with van der Waals surface area (Å²) in [5, 5.41) is 9.57. The molecule has 2 aromatic rings. The summed E-state index contributed by atoms with van der Waals surface area (Å²) in [5.41, 5.74) is 0.744. The van der Waals surface area contributed by atoms with Crippen LogP contribution in [0.25, 0.3) is 0 Å². The minimum Gasteiger partial charge on any atom is -0.346 e. The highest BCUT2D eigenvalue weighted by Crippen LogP contribution is 2.06. The summed E-state index contributed by atoms with van der Waals surface area (Å²) in [6.45, 7) is 5.82. The highest BCUT2D eigenvalue weighted by atomic mass is 16.2. The van der Waals surface area contributed by atoms with Gasteiger partial charge in [-0.2, -0.15) is 5.10 Å². The zero-order valence-electron chi connectivity index (χ0n) is 12.4. The maximum absolute atomic E-state index is 11.9. The van der Waals surface area contributed by atoms with E-state index in [0.717, 1.165) is 5.69 Å². The Morgan fingerprint density at radius 1 is 1.43 bits per heavy atom. The lowest BCUT2D eigenvalue weighted by Crippen LogP contribution is -2.30. The summed E-state index contributed by atoms with van der Waals surface area (Å²) < 4.78 is 1.58. The molecule has 1 atom stereocenters. The molecule has 112 valence electrons. The lowest BCUT2D eigenvalue weighted by Gasteiger charge is -2.12. The average Bonchev–Trinajstić information content (AvgIpc) is 2.85. The standard InChI is InChI=1S/C14H19N5O2/c1-9-5-4-6-13(21)19(9)8-7-12(20)15-10(2)14-16-11(3)17-18-14/h4-6,10H,7-8H2,1-3H3,(H,15,20)(H,16,17,18). The van der Waals surface area contributed by atoms with E-state index in [1.54, 1.807) is 17.6 Å². The first-order valence-electron chi connectivity index (χ1n) is 6.82. The molecule has 7 heteroatoms. The third-order valence-electron chi connectivity index (χ3n) is 3.21. The number of aromatic amines is 1. The molecular weight excluding hydrogens is 270 g/mol. The van der Waals surface area contributed by atoms with Gasteiger partial charge in [0.05, 0.1) is 6.04 Å². The summed E-state index contributed by atoms with van der Waals surface area (Å²) in [7, 11) is 0. The maximum atomic E-state index is 11.9. The number of aromatic nitrogens is 4. The molecule has 21 heavy (non-hydrogen) atoms. The Bertz CT molecular complexity index is 689. The van der Waals surface area contributed by atoms with Crippen LogP contribution >= 0.6 is 0 Å². The normalized spacial score (nSPS) is 12.1. The van der Waals surface area contributed by atoms with Crippen LogP contribution in [0.3, 0.4) is 0 Å². The summed E-state index contributed by atoms with van der Waals surface area (Å²) >= 11 is 0. The minimum absolute atomic E-state index is 0.0968. The van der Waals surface area contributed by atoms with Gasteiger partial charge in [0.1, 0.15) is 5.82 Å². The molecule has 2 aromatic heterocycles. The first kappa shape index (κ1) is 15.0. The van der Waals surface area contributed by atoms with Crippen molar-refractivity contribution in [3.63, 3.8) is 0 Å². The lowest BCUT2D eigenvalue weighted by atomic mass is 10.3. The first-order chi connectivity index (χ1) is 9.97. The van der Waals surface area contributed by atoms with E-state index in [1.165, 1.54) is 6.07 Å². The summed E-state index contributed by atoms with van der Waals surface area (Å²) in [5.74, 6) is 1.12. The van der Waals surface area contributed by atoms with Gasteiger partial charge in [-0.25, -0.2) is 4.98 Å². The van der Waals surface area contributed by atoms with Gasteiger partial charge in [0.25, 0.3) is 5.56 Å². The second-order valence-corrected chi connectivity index (χ2v) is 4.98. The molecule has 0 saturated heterocycles. The van der Waals surface area contributed by atoms with Crippen molar-refractivity contribution in [3.05, 3.63) is 45.9 Å². The van der Waals surface area contributed by atoms with Crippen molar-refractivity contribution in [1.82, 2.24) is 25.1 Å². The fourth-order valence-electron chi connectivity index (χ4n) is 2.06. The molecule has 0 aromatic carbocycles. The van der Waals surface area contributed by atoms with Gasteiger partial charge in [0.2, 0.25) is 5.91 Å². The van der Waals surface area contributed by atoms with Gasteiger partial charge in [-0.1, -0.05) is 6.07 Å². The predicted molar refractivity (Wildman–Crippen MR) is 77.7 cm³/mol. The Balaban J connectivity index is 1.92. The Hall–Kier alpha value is -2.44. The molecule has 0 aliphatic carbocycles. The number of hydrogen-bond donors (Lipinski definition) is 2. The fraction of sp³-hybridized carbons (Fsp3) is 0.429. The minimum atomic E-state index is -0.268. The Kier molecular flexibility index (Phi) is 4.52. The highest BCUT2D eigenvalue weighted by Gasteiger charge is 2.13. The van der Waals surface area contributed by atoms with E-state index < -0.39 is 0 Å². The van der Waals surface area contributed by atoms with Crippen molar-refractivity contribution in [1.29, 1.82) is 0 Å². The van der Waals surface area contributed by atoms with Crippen molar-refractivity contribution in [2.45, 2.75) is 39.8 Å². The molecule has 2 N–H and O–H groups in total. The topological polar surface area (TPSA) is 92.7 Å². The molecule has 7 nitrogen and oxygen atoms in total. The number of amides is 1. The molecule has 2 heterocycles. The summed E-state index contributed by atoms with van der Waals surface area (Å²) in [4.78, 5) is 27.8. The fourth-order valence-corrected chi connectivity index (χ4v) is 2.06. The van der Waals surface area contributed by atoms with Gasteiger partial charge >= 0.3 is 0 Å². The third-order valence-corrected chi connectivity index (χ3v) is 3.21. The van der Waals surface area contributed by atoms with Crippen LogP contribution in [0.1, 0.15) is 36.7 Å². The molecule has 1 amide bonds. The van der Waals surface area contributed by atoms with E-state index in [-0.39, 0.29) is 23.9 Å². The SMILES string of the molecule is Cc1nc(C(C)NC(=O)CCn2c(C)cccc2=O)n[nH]1. The zero-order chi connectivity index (χ0) is 15.4. The molecule has 0 aliphatic heterocycles. The van der Waals surface area contributed by atoms with Gasteiger partial charge < -0.3 is 9.88 Å². The second kappa shape index (κ2) is 6.34. The number of pyridine rings is 1. The first-order valence-corrected chi connectivity index (χ1v) is 6.82. The van der Waals surface area contributed by atoms with E-state index >= 15 is 0 Å². The second-order valence-electron chi connectivity index (χ2n) is 4.98. The van der Waals surface area contributed by atoms with Gasteiger partial charge in [-0.05, 0) is 26.8 Å². The van der Waals surface area contributed by atoms with Crippen molar-refractivity contribution in [2.24, 2.45) is 0 Å². The van der Waals surface area contributed by atoms with Crippen molar-refractivity contribution in [3.8, 4) is 0 Å². The average molecular weight is 289 g/mol. The van der Waals surface area contributed by atoms with Crippen LogP contribution in [0.5, 0.6) is 0 Å². The Morgan fingerprint density at radius 2 is 2.19 bits per heavy atom. The van der Waals surface area contributed by atoms with E-state index in [9.17, 15) is 9.59 Å². The molecule has 0 radical (unpaired) electrons. The number of hydrogen-bond acceptors (Lipinski definition) is 4. The van der Waals surface area contributed by atoms with Crippen molar-refractivity contribution in [2.75, 3.05) is 0 Å². The van der Waals surface area contributed by atoms with Crippen LogP contribution in [0, 0.1) is 13.8 Å². The number of aryl methyl sites for hydroxylation is 2. The molecule has 0 saturated carbocycles. The summed E-state index contributed by atoms with van der Waals surface area (Å²) in [6, 6.07) is 4.78. The zero-order valence-corrected chi connectivity index (χ0v) is 12.4. The van der Waals surface area contributed by atoms with Gasteiger partial charge in [0.15, 0.2) is 5.82 Å². The molecule has 0 bridgehead atoms. The highest BCUT2D eigenvalue weighted by molar-refractivity contribution is 5.76. The number of carbonyl (C=O) groups is 1. The molecule has 1 unspecified atom stereocenters. The quantitative estimate of drug-likeness (QED) is 0.853. The van der Waals surface area contributed by atoms with Gasteiger partial charge in [-0.3, -0.25) is 14.7 Å². The van der Waals surface area contributed by atoms with E-state index in [4.69, 9.17) is 0 Å². The van der Waals surface area contributed by atoms with E-state index in [2.05, 4.69) is 20.5 Å². The number of rotatable bonds is 5. The van der Waals surface area contributed by atoms with Crippen molar-refractivity contribution < 1.29 is 4.79 Å². The van der Waals surface area contributed by atoms with Crippen LogP contribution in [0.2, 0.25) is 0 Å². The molecule has 0 spiro atoms. The van der Waals surface area contributed by atoms with Crippen LogP contribution in [-0.4, -0.2) is 25.7 Å². The molecular formula is C14H19N5O2. The van der Waals surface area contributed by atoms with Crippen molar-refractivity contribution >= 4 is 5.91 Å². The number of nitrogens with one attached hydrogen (secondary N) is 2. The van der Waals surface area contributed by atoms with Crippen LogP contribution in [0.4, 0.5) is 0 Å². The van der Waals surface area contributed by atoms with Crippen LogP contribution < -0.4 is 10.9 Å². The monoisotopic (exact) mass is 289 g/mol.